The molecule has 2 aliphatic heterocycles. The fraction of sp³-hybridized carbons (Fsp3) is 0.444. The molecule has 0 aliphatic carbocycles. The van der Waals surface area contributed by atoms with Gasteiger partial charge in [0, 0.05) is 6.07 Å². The molecule has 2 fully saturated rings. The molecule has 0 radical (unpaired) electrons. The third-order valence-electron chi connectivity index (χ3n) is 7.09. The van der Waals surface area contributed by atoms with Gasteiger partial charge in [-0.05, 0) is 29.8 Å². The van der Waals surface area contributed by atoms with E-state index in [9.17, 15) is 35.4 Å². The standard InChI is InChI=1S/C27H30O13/c1-35-14-4-2-13(3-5-14)17-10-36-18-8-15(6-7-16(18)20(17)30)38-25-23(22(32)21(31)19(9-28)39-25)40-26-24(33)27(34,11-29)12-37-26/h2-8,10,19,21-26,28-29,31-34H,9,11-12H2,1H3/t19-,21?,22+,23?,24+,25-,26+,27?/m1/s1. The van der Waals surface area contributed by atoms with E-state index in [1.54, 1.807) is 31.4 Å². The van der Waals surface area contributed by atoms with E-state index in [4.69, 9.17) is 28.1 Å². The molecule has 5 rings (SSSR count). The molecule has 2 aromatic carbocycles. The molecular weight excluding hydrogens is 532 g/mol. The topological polar surface area (TPSA) is 198 Å². The Bertz CT molecular complexity index is 1380. The highest BCUT2D eigenvalue weighted by Crippen LogP contribution is 2.33. The smallest absolute Gasteiger partial charge is 0.229 e. The van der Waals surface area contributed by atoms with Gasteiger partial charge in [-0.2, -0.15) is 0 Å². The van der Waals surface area contributed by atoms with Crippen molar-refractivity contribution >= 4 is 11.0 Å². The minimum atomic E-state index is -1.99. The maximum Gasteiger partial charge on any atom is 0.229 e. The van der Waals surface area contributed by atoms with Crippen LogP contribution in [0.5, 0.6) is 11.5 Å². The Morgan fingerprint density at radius 1 is 1.00 bits per heavy atom. The Morgan fingerprint density at radius 2 is 1.73 bits per heavy atom. The monoisotopic (exact) mass is 562 g/mol. The average Bonchev–Trinajstić information content (AvgIpc) is 3.26. The first-order valence-corrected chi connectivity index (χ1v) is 12.5. The van der Waals surface area contributed by atoms with Crippen molar-refractivity contribution < 1.29 is 58.7 Å². The molecule has 216 valence electrons. The number of fused-ring (bicyclic) bond motifs is 1. The van der Waals surface area contributed by atoms with Gasteiger partial charge >= 0.3 is 0 Å². The molecule has 6 N–H and O–H groups in total. The summed E-state index contributed by atoms with van der Waals surface area (Å²) in [6.07, 6.45) is -9.29. The summed E-state index contributed by atoms with van der Waals surface area (Å²) < 4.78 is 33.3. The van der Waals surface area contributed by atoms with Crippen molar-refractivity contribution in [2.24, 2.45) is 0 Å². The molecular formula is C27H30O13. The Hall–Kier alpha value is -3.11. The van der Waals surface area contributed by atoms with E-state index in [-0.39, 0.29) is 22.1 Å². The number of rotatable bonds is 8. The van der Waals surface area contributed by atoms with Crippen molar-refractivity contribution in [3.8, 4) is 22.6 Å². The first-order chi connectivity index (χ1) is 19.2. The molecule has 0 bridgehead atoms. The lowest BCUT2D eigenvalue weighted by Gasteiger charge is -2.42. The van der Waals surface area contributed by atoms with Crippen LogP contribution in [-0.2, 0) is 14.2 Å². The Balaban J connectivity index is 1.40. The summed E-state index contributed by atoms with van der Waals surface area (Å²) in [4.78, 5) is 13.2. The van der Waals surface area contributed by atoms with Gasteiger partial charge in [-0.1, -0.05) is 12.1 Å². The lowest BCUT2D eigenvalue weighted by molar-refractivity contribution is -0.318. The van der Waals surface area contributed by atoms with E-state index >= 15 is 0 Å². The predicted octanol–water partition coefficient (Wildman–Crippen LogP) is -0.888. The number of hydrogen-bond acceptors (Lipinski definition) is 13. The van der Waals surface area contributed by atoms with Gasteiger partial charge in [0.25, 0.3) is 0 Å². The highest BCUT2D eigenvalue weighted by molar-refractivity contribution is 5.82. The van der Waals surface area contributed by atoms with Crippen LogP contribution in [0.2, 0.25) is 0 Å². The summed E-state index contributed by atoms with van der Waals surface area (Å²) in [6, 6.07) is 11.3. The van der Waals surface area contributed by atoms with E-state index in [1.165, 1.54) is 24.5 Å². The van der Waals surface area contributed by atoms with Crippen molar-refractivity contribution in [3.05, 3.63) is 59.0 Å². The van der Waals surface area contributed by atoms with Crippen LogP contribution < -0.4 is 14.9 Å². The highest BCUT2D eigenvalue weighted by atomic mass is 16.8. The molecule has 0 spiro atoms. The van der Waals surface area contributed by atoms with Gasteiger partial charge in [-0.15, -0.1) is 0 Å². The average molecular weight is 563 g/mol. The summed E-state index contributed by atoms with van der Waals surface area (Å²) in [6.45, 7) is -1.91. The van der Waals surface area contributed by atoms with Crippen molar-refractivity contribution in [1.82, 2.24) is 0 Å². The molecule has 1 aromatic heterocycles. The van der Waals surface area contributed by atoms with E-state index in [2.05, 4.69) is 0 Å². The fourth-order valence-corrected chi connectivity index (χ4v) is 4.65. The summed E-state index contributed by atoms with van der Waals surface area (Å²) >= 11 is 0. The maximum atomic E-state index is 13.2. The number of hydrogen-bond donors (Lipinski definition) is 6. The van der Waals surface area contributed by atoms with Crippen LogP contribution >= 0.6 is 0 Å². The molecule has 8 atom stereocenters. The van der Waals surface area contributed by atoms with Gasteiger partial charge in [0.2, 0.25) is 6.29 Å². The molecule has 40 heavy (non-hydrogen) atoms. The van der Waals surface area contributed by atoms with Gasteiger partial charge in [-0.25, -0.2) is 0 Å². The maximum absolute atomic E-state index is 13.2. The van der Waals surface area contributed by atoms with E-state index in [0.717, 1.165) is 0 Å². The molecule has 13 nitrogen and oxygen atoms in total. The number of aliphatic hydroxyl groups excluding tert-OH is 5. The molecule has 3 unspecified atom stereocenters. The van der Waals surface area contributed by atoms with Crippen LogP contribution in [0.25, 0.3) is 22.1 Å². The van der Waals surface area contributed by atoms with Crippen LogP contribution in [-0.4, -0.2) is 106 Å². The van der Waals surface area contributed by atoms with Crippen molar-refractivity contribution in [3.63, 3.8) is 0 Å². The zero-order chi connectivity index (χ0) is 28.6. The molecule has 2 aliphatic rings. The number of benzene rings is 2. The summed E-state index contributed by atoms with van der Waals surface area (Å²) in [5.41, 5.74) is -1.10. The summed E-state index contributed by atoms with van der Waals surface area (Å²) in [5.74, 6) is 0.772. The molecule has 0 amide bonds. The SMILES string of the molecule is COc1ccc(-c2coc3cc(O[C@@H]4O[C@H](CO)C(O)[C@H](O)C4O[C@@H]4OCC(O)(CO)[C@H]4O)ccc3c2=O)cc1. The number of aliphatic hydroxyl groups is 6. The first kappa shape index (κ1) is 28.4. The highest BCUT2D eigenvalue weighted by Gasteiger charge is 2.53. The van der Waals surface area contributed by atoms with Gasteiger partial charge in [0.1, 0.15) is 53.4 Å². The Labute approximate surface area is 227 Å². The van der Waals surface area contributed by atoms with Crippen LogP contribution in [0.4, 0.5) is 0 Å². The molecule has 0 saturated carbocycles. The first-order valence-electron chi connectivity index (χ1n) is 12.5. The second-order valence-electron chi connectivity index (χ2n) is 9.68. The lowest BCUT2D eigenvalue weighted by atomic mass is 9.98. The zero-order valence-corrected chi connectivity index (χ0v) is 21.3. The molecule has 13 heteroatoms. The molecule has 2 saturated heterocycles. The third-order valence-corrected chi connectivity index (χ3v) is 7.09. The minimum absolute atomic E-state index is 0.131. The van der Waals surface area contributed by atoms with Gasteiger partial charge in [0.05, 0.1) is 37.9 Å². The van der Waals surface area contributed by atoms with Gasteiger partial charge < -0.3 is 58.7 Å². The molecule has 3 heterocycles. The second-order valence-corrected chi connectivity index (χ2v) is 9.68. The largest absolute Gasteiger partial charge is 0.497 e. The van der Waals surface area contributed by atoms with Crippen molar-refractivity contribution in [1.29, 1.82) is 0 Å². The summed E-state index contributed by atoms with van der Waals surface area (Å²) in [5, 5.41) is 61.0. The van der Waals surface area contributed by atoms with Crippen LogP contribution in [0, 0.1) is 0 Å². The number of ether oxygens (including phenoxy) is 5. The minimum Gasteiger partial charge on any atom is -0.497 e. The quantitative estimate of drug-likeness (QED) is 0.198. The number of methoxy groups -OCH3 is 1. The van der Waals surface area contributed by atoms with E-state index in [1.807, 2.05) is 0 Å². The third kappa shape index (κ3) is 5.19. The van der Waals surface area contributed by atoms with Gasteiger partial charge in [0.15, 0.2) is 17.8 Å². The molecule has 3 aromatic rings. The van der Waals surface area contributed by atoms with E-state index in [0.29, 0.717) is 16.9 Å². The Morgan fingerprint density at radius 3 is 2.38 bits per heavy atom. The normalized spacial score (nSPS) is 32.3. The van der Waals surface area contributed by atoms with E-state index < -0.39 is 68.5 Å². The zero-order valence-electron chi connectivity index (χ0n) is 21.3. The summed E-state index contributed by atoms with van der Waals surface area (Å²) in [7, 11) is 1.54. The van der Waals surface area contributed by atoms with Gasteiger partial charge in [-0.3, -0.25) is 4.79 Å². The lowest BCUT2D eigenvalue weighted by Crippen LogP contribution is -2.62. The fourth-order valence-electron chi connectivity index (χ4n) is 4.65. The Kier molecular flexibility index (Phi) is 8.10. The second kappa shape index (κ2) is 11.4. The van der Waals surface area contributed by atoms with Crippen LogP contribution in [0.1, 0.15) is 0 Å². The van der Waals surface area contributed by atoms with Crippen LogP contribution in [0.3, 0.4) is 0 Å². The van der Waals surface area contributed by atoms with Crippen LogP contribution in [0.15, 0.2) is 57.9 Å². The predicted molar refractivity (Wildman–Crippen MR) is 136 cm³/mol. The van der Waals surface area contributed by atoms with Crippen molar-refractivity contribution in [2.75, 3.05) is 26.9 Å². The van der Waals surface area contributed by atoms with Crippen molar-refractivity contribution in [2.45, 2.75) is 48.7 Å².